The number of ether oxygens (including phenoxy) is 3. The zero-order valence-electron chi connectivity index (χ0n) is 6.91. The lowest BCUT2D eigenvalue weighted by Gasteiger charge is -2.12. The predicted molar refractivity (Wildman–Crippen MR) is 39.1 cm³/mol. The summed E-state index contributed by atoms with van der Waals surface area (Å²) in [5.74, 6) is 0. The van der Waals surface area contributed by atoms with Crippen molar-refractivity contribution in [2.24, 2.45) is 0 Å². The zero-order valence-corrected chi connectivity index (χ0v) is 6.91. The zero-order chi connectivity index (χ0) is 8.53. The van der Waals surface area contributed by atoms with Crippen LogP contribution in [0.15, 0.2) is 0 Å². The second-order valence-electron chi connectivity index (χ2n) is 1.93. The highest BCUT2D eigenvalue weighted by Gasteiger charge is 2.04. The summed E-state index contributed by atoms with van der Waals surface area (Å²) in [6.45, 7) is 3.23. The molecule has 0 saturated heterocycles. The summed E-state index contributed by atoms with van der Waals surface area (Å²) in [4.78, 5) is 9.87. The molecule has 0 heterocycles. The van der Waals surface area contributed by atoms with Crippen molar-refractivity contribution >= 4 is 6.47 Å². The number of methoxy groups -OCH3 is 1. The molecule has 0 radical (unpaired) electrons. The molecule has 66 valence electrons. The van der Waals surface area contributed by atoms with Crippen LogP contribution in [0.2, 0.25) is 0 Å². The molecule has 0 aliphatic rings. The van der Waals surface area contributed by atoms with E-state index in [1.165, 1.54) is 0 Å². The lowest BCUT2D eigenvalue weighted by atomic mass is 10.5. The van der Waals surface area contributed by atoms with Gasteiger partial charge in [0, 0.05) is 13.5 Å². The number of hydrogen-bond donors (Lipinski definition) is 0. The monoisotopic (exact) mass is 162 g/mol. The predicted octanol–water partition coefficient (Wildman–Crippen LogP) is 0.558. The van der Waals surface area contributed by atoms with Crippen molar-refractivity contribution < 1.29 is 19.0 Å². The highest BCUT2D eigenvalue weighted by atomic mass is 16.7. The van der Waals surface area contributed by atoms with Crippen LogP contribution >= 0.6 is 0 Å². The number of hydrogen-bond acceptors (Lipinski definition) is 4. The minimum absolute atomic E-state index is 0.390. The average molecular weight is 162 g/mol. The van der Waals surface area contributed by atoms with Crippen LogP contribution in [0, 0.1) is 0 Å². The van der Waals surface area contributed by atoms with Crippen molar-refractivity contribution in [3.05, 3.63) is 0 Å². The Morgan fingerprint density at radius 2 is 2.18 bits per heavy atom. The average Bonchev–Trinajstić information content (AvgIpc) is 2.03. The SMILES string of the molecule is CCC(OC=O)OCCOC. The van der Waals surface area contributed by atoms with Gasteiger partial charge in [0.1, 0.15) is 0 Å². The fourth-order valence-corrected chi connectivity index (χ4v) is 0.578. The van der Waals surface area contributed by atoms with E-state index in [1.54, 1.807) is 7.11 Å². The molecule has 0 aromatic carbocycles. The Balaban J connectivity index is 3.27. The molecule has 0 saturated carbocycles. The Labute approximate surface area is 66.4 Å². The van der Waals surface area contributed by atoms with Gasteiger partial charge < -0.3 is 14.2 Å². The molecule has 1 unspecified atom stereocenters. The van der Waals surface area contributed by atoms with E-state index in [0.29, 0.717) is 26.1 Å². The van der Waals surface area contributed by atoms with Crippen LogP contribution in [-0.4, -0.2) is 33.1 Å². The fourth-order valence-electron chi connectivity index (χ4n) is 0.578. The molecule has 0 aromatic heterocycles. The first-order valence-corrected chi connectivity index (χ1v) is 3.54. The standard InChI is InChI=1S/C7H14O4/c1-3-7(11-6-8)10-5-4-9-2/h6-7H,3-5H2,1-2H3. The Hall–Kier alpha value is -0.610. The molecular weight excluding hydrogens is 148 g/mol. The van der Waals surface area contributed by atoms with Crippen LogP contribution in [0.4, 0.5) is 0 Å². The van der Waals surface area contributed by atoms with Crippen molar-refractivity contribution in [3.63, 3.8) is 0 Å². The van der Waals surface area contributed by atoms with Gasteiger partial charge in [-0.15, -0.1) is 0 Å². The summed E-state index contributed by atoms with van der Waals surface area (Å²) in [5.41, 5.74) is 0. The minimum Gasteiger partial charge on any atom is -0.438 e. The molecule has 0 spiro atoms. The van der Waals surface area contributed by atoms with E-state index < -0.39 is 6.29 Å². The van der Waals surface area contributed by atoms with Crippen LogP contribution in [-0.2, 0) is 19.0 Å². The van der Waals surface area contributed by atoms with E-state index in [0.717, 1.165) is 0 Å². The van der Waals surface area contributed by atoms with Crippen LogP contribution in [0.3, 0.4) is 0 Å². The van der Waals surface area contributed by atoms with Crippen molar-refractivity contribution in [1.82, 2.24) is 0 Å². The van der Waals surface area contributed by atoms with Gasteiger partial charge in [-0.3, -0.25) is 4.79 Å². The molecule has 0 aliphatic carbocycles. The summed E-state index contributed by atoms with van der Waals surface area (Å²) >= 11 is 0. The van der Waals surface area contributed by atoms with Gasteiger partial charge in [0.15, 0.2) is 0 Å². The largest absolute Gasteiger partial charge is 0.438 e. The third kappa shape index (κ3) is 5.82. The maximum Gasteiger partial charge on any atom is 0.295 e. The third-order valence-electron chi connectivity index (χ3n) is 1.13. The first-order valence-electron chi connectivity index (χ1n) is 3.54. The normalized spacial score (nSPS) is 12.5. The van der Waals surface area contributed by atoms with Crippen LogP contribution in [0.1, 0.15) is 13.3 Å². The van der Waals surface area contributed by atoms with Gasteiger partial charge in [0.2, 0.25) is 6.29 Å². The first-order chi connectivity index (χ1) is 5.35. The number of carbonyl (C=O) groups excluding carboxylic acids is 1. The van der Waals surface area contributed by atoms with Gasteiger partial charge in [-0.1, -0.05) is 6.92 Å². The van der Waals surface area contributed by atoms with Crippen LogP contribution < -0.4 is 0 Å². The van der Waals surface area contributed by atoms with Crippen molar-refractivity contribution in [3.8, 4) is 0 Å². The van der Waals surface area contributed by atoms with Crippen LogP contribution in [0.25, 0.3) is 0 Å². The summed E-state index contributed by atoms with van der Waals surface area (Å²) in [7, 11) is 1.59. The summed E-state index contributed by atoms with van der Waals surface area (Å²) < 4.78 is 14.4. The maximum atomic E-state index is 9.87. The lowest BCUT2D eigenvalue weighted by molar-refractivity contribution is -0.166. The summed E-state index contributed by atoms with van der Waals surface area (Å²) in [6.07, 6.45) is 0.227. The molecule has 0 aromatic rings. The van der Waals surface area contributed by atoms with Gasteiger partial charge in [-0.25, -0.2) is 0 Å². The van der Waals surface area contributed by atoms with Crippen molar-refractivity contribution in [2.75, 3.05) is 20.3 Å². The number of carbonyl (C=O) groups is 1. The van der Waals surface area contributed by atoms with Crippen molar-refractivity contribution in [2.45, 2.75) is 19.6 Å². The summed E-state index contributed by atoms with van der Waals surface area (Å²) in [5, 5.41) is 0. The second-order valence-corrected chi connectivity index (χ2v) is 1.93. The van der Waals surface area contributed by atoms with Crippen LogP contribution in [0.5, 0.6) is 0 Å². The van der Waals surface area contributed by atoms with E-state index in [2.05, 4.69) is 4.74 Å². The fraction of sp³-hybridized carbons (Fsp3) is 0.857. The van der Waals surface area contributed by atoms with E-state index in [1.807, 2.05) is 6.92 Å². The molecule has 11 heavy (non-hydrogen) atoms. The third-order valence-corrected chi connectivity index (χ3v) is 1.13. The quantitative estimate of drug-likeness (QED) is 0.311. The maximum absolute atomic E-state index is 9.87. The molecule has 0 bridgehead atoms. The highest BCUT2D eigenvalue weighted by molar-refractivity contribution is 5.37. The lowest BCUT2D eigenvalue weighted by Crippen LogP contribution is -2.17. The van der Waals surface area contributed by atoms with E-state index in [9.17, 15) is 4.79 Å². The molecule has 0 aliphatic heterocycles. The molecule has 4 nitrogen and oxygen atoms in total. The van der Waals surface area contributed by atoms with Gasteiger partial charge >= 0.3 is 0 Å². The summed E-state index contributed by atoms with van der Waals surface area (Å²) in [6, 6.07) is 0. The van der Waals surface area contributed by atoms with E-state index in [4.69, 9.17) is 9.47 Å². The smallest absolute Gasteiger partial charge is 0.295 e. The molecule has 0 fully saturated rings. The first kappa shape index (κ1) is 10.4. The Morgan fingerprint density at radius 3 is 2.64 bits per heavy atom. The molecule has 0 rings (SSSR count). The second kappa shape index (κ2) is 7.50. The van der Waals surface area contributed by atoms with Gasteiger partial charge in [0.25, 0.3) is 6.47 Å². The molecule has 1 atom stereocenters. The van der Waals surface area contributed by atoms with E-state index in [-0.39, 0.29) is 0 Å². The van der Waals surface area contributed by atoms with Gasteiger partial charge in [-0.05, 0) is 0 Å². The Kier molecular flexibility index (Phi) is 7.08. The Morgan fingerprint density at radius 1 is 1.45 bits per heavy atom. The van der Waals surface area contributed by atoms with E-state index >= 15 is 0 Å². The van der Waals surface area contributed by atoms with Gasteiger partial charge in [-0.2, -0.15) is 0 Å². The van der Waals surface area contributed by atoms with Gasteiger partial charge in [0.05, 0.1) is 13.2 Å². The molecule has 0 N–H and O–H groups in total. The molecule has 4 heteroatoms. The van der Waals surface area contributed by atoms with Crippen molar-refractivity contribution in [1.29, 1.82) is 0 Å². The number of rotatable bonds is 7. The minimum atomic E-state index is -0.428. The molecular formula is C7H14O4. The topological polar surface area (TPSA) is 44.8 Å². The molecule has 0 amide bonds. The highest BCUT2D eigenvalue weighted by Crippen LogP contribution is 1.97. The Bertz CT molecular complexity index is 94.4.